The molecular formula is C23H24ClN5O2. The first-order valence-electron chi connectivity index (χ1n) is 10.1. The summed E-state index contributed by atoms with van der Waals surface area (Å²) < 4.78 is 5.26. The topological polar surface area (TPSA) is 79.4 Å². The van der Waals surface area contributed by atoms with E-state index in [1.165, 1.54) is 6.20 Å². The molecule has 1 fully saturated rings. The predicted molar refractivity (Wildman–Crippen MR) is 123 cm³/mol. The average Bonchev–Trinajstić information content (AvgIpc) is 2.81. The Balaban J connectivity index is 1.36. The Morgan fingerprint density at radius 2 is 1.87 bits per heavy atom. The van der Waals surface area contributed by atoms with Crippen LogP contribution in [0.3, 0.4) is 0 Å². The largest absolute Gasteiger partial charge is 0.497 e. The number of aromatic nitrogens is 2. The van der Waals surface area contributed by atoms with E-state index in [1.807, 2.05) is 42.7 Å². The minimum atomic E-state index is -0.254. The van der Waals surface area contributed by atoms with E-state index in [2.05, 4.69) is 25.5 Å². The third-order valence-electron chi connectivity index (χ3n) is 5.34. The first kappa shape index (κ1) is 20.9. The summed E-state index contributed by atoms with van der Waals surface area (Å²) in [6.45, 7) is 1.69. The van der Waals surface area contributed by atoms with Gasteiger partial charge in [-0.2, -0.15) is 0 Å². The van der Waals surface area contributed by atoms with Gasteiger partial charge in [0.25, 0.3) is 0 Å². The van der Waals surface area contributed by atoms with Crippen LogP contribution < -0.4 is 20.3 Å². The lowest BCUT2D eigenvalue weighted by atomic mass is 10.0. The van der Waals surface area contributed by atoms with Gasteiger partial charge in [-0.15, -0.1) is 0 Å². The van der Waals surface area contributed by atoms with Crippen molar-refractivity contribution >= 4 is 29.1 Å². The van der Waals surface area contributed by atoms with Gasteiger partial charge in [-0.3, -0.25) is 10.3 Å². The van der Waals surface area contributed by atoms with Crippen molar-refractivity contribution in [2.24, 2.45) is 0 Å². The maximum Gasteiger partial charge on any atom is 0.320 e. The smallest absolute Gasteiger partial charge is 0.320 e. The number of halogens is 1. The maximum absolute atomic E-state index is 12.3. The molecule has 4 rings (SSSR count). The molecular weight excluding hydrogens is 414 g/mol. The van der Waals surface area contributed by atoms with Gasteiger partial charge in [-0.1, -0.05) is 23.7 Å². The number of methoxy groups -OCH3 is 1. The van der Waals surface area contributed by atoms with Crippen molar-refractivity contribution in [1.82, 2.24) is 15.3 Å². The Kier molecular flexibility index (Phi) is 6.52. The van der Waals surface area contributed by atoms with E-state index < -0.39 is 0 Å². The SMILES string of the molecule is COc1ccc(-c2cnccc2N2CCC(NC(=O)Nc3ccc(Cl)cn3)CC2)cc1. The molecule has 7 nitrogen and oxygen atoms in total. The molecule has 31 heavy (non-hydrogen) atoms. The number of urea groups is 1. The highest BCUT2D eigenvalue weighted by atomic mass is 35.5. The van der Waals surface area contributed by atoms with Gasteiger partial charge < -0.3 is 15.0 Å². The number of pyridine rings is 2. The van der Waals surface area contributed by atoms with Crippen LogP contribution in [-0.4, -0.2) is 42.2 Å². The van der Waals surface area contributed by atoms with Gasteiger partial charge in [-0.25, -0.2) is 9.78 Å². The fraction of sp³-hybridized carbons (Fsp3) is 0.261. The number of piperidine rings is 1. The summed E-state index contributed by atoms with van der Waals surface area (Å²) in [6.07, 6.45) is 6.93. The molecule has 0 radical (unpaired) electrons. The van der Waals surface area contributed by atoms with E-state index in [9.17, 15) is 4.79 Å². The number of nitrogens with one attached hydrogen (secondary N) is 2. The minimum absolute atomic E-state index is 0.106. The van der Waals surface area contributed by atoms with Gasteiger partial charge in [0.15, 0.2) is 0 Å². The summed E-state index contributed by atoms with van der Waals surface area (Å²) in [5.74, 6) is 1.30. The van der Waals surface area contributed by atoms with Crippen molar-refractivity contribution < 1.29 is 9.53 Å². The molecule has 0 spiro atoms. The number of ether oxygens (including phenoxy) is 1. The molecule has 1 aliphatic heterocycles. The molecule has 2 amide bonds. The molecule has 0 atom stereocenters. The summed E-state index contributed by atoms with van der Waals surface area (Å²) in [5, 5.41) is 6.32. The number of carbonyl (C=O) groups is 1. The lowest BCUT2D eigenvalue weighted by Gasteiger charge is -2.35. The molecule has 160 valence electrons. The normalized spacial score (nSPS) is 14.2. The number of hydrogen-bond donors (Lipinski definition) is 2. The maximum atomic E-state index is 12.3. The zero-order valence-corrected chi connectivity index (χ0v) is 18.0. The van der Waals surface area contributed by atoms with Crippen molar-refractivity contribution in [2.45, 2.75) is 18.9 Å². The van der Waals surface area contributed by atoms with Crippen molar-refractivity contribution in [3.8, 4) is 16.9 Å². The average molecular weight is 438 g/mol. The van der Waals surface area contributed by atoms with Gasteiger partial charge in [0, 0.05) is 49.0 Å². The lowest BCUT2D eigenvalue weighted by molar-refractivity contribution is 0.246. The van der Waals surface area contributed by atoms with Gasteiger partial charge in [-0.05, 0) is 48.7 Å². The molecule has 1 aromatic carbocycles. The fourth-order valence-electron chi connectivity index (χ4n) is 3.71. The summed E-state index contributed by atoms with van der Waals surface area (Å²) in [6, 6.07) is 13.3. The Hall–Kier alpha value is -3.32. The second-order valence-corrected chi connectivity index (χ2v) is 7.78. The molecule has 2 N–H and O–H groups in total. The van der Waals surface area contributed by atoms with Crippen LogP contribution in [0.25, 0.3) is 11.1 Å². The summed E-state index contributed by atoms with van der Waals surface area (Å²) in [7, 11) is 1.66. The molecule has 1 saturated heterocycles. The van der Waals surface area contributed by atoms with Gasteiger partial charge in [0.2, 0.25) is 0 Å². The van der Waals surface area contributed by atoms with E-state index in [0.29, 0.717) is 10.8 Å². The number of rotatable bonds is 5. The highest BCUT2D eigenvalue weighted by molar-refractivity contribution is 6.30. The Morgan fingerprint density at radius 3 is 2.55 bits per heavy atom. The number of hydrogen-bond acceptors (Lipinski definition) is 5. The van der Waals surface area contributed by atoms with Crippen molar-refractivity contribution in [2.75, 3.05) is 30.4 Å². The summed E-state index contributed by atoms with van der Waals surface area (Å²) >= 11 is 5.83. The molecule has 0 unspecified atom stereocenters. The minimum Gasteiger partial charge on any atom is -0.497 e. The van der Waals surface area contributed by atoms with Gasteiger partial charge in [0.05, 0.1) is 12.1 Å². The highest BCUT2D eigenvalue weighted by Crippen LogP contribution is 2.32. The Bertz CT molecular complexity index is 1020. The summed E-state index contributed by atoms with van der Waals surface area (Å²) in [4.78, 5) is 23.0. The van der Waals surface area contributed by atoms with Crippen LogP contribution in [0.1, 0.15) is 12.8 Å². The van der Waals surface area contributed by atoms with Crippen LogP contribution >= 0.6 is 11.6 Å². The van der Waals surface area contributed by atoms with Crippen LogP contribution in [0, 0.1) is 0 Å². The van der Waals surface area contributed by atoms with Crippen LogP contribution in [-0.2, 0) is 0 Å². The third kappa shape index (κ3) is 5.24. The van der Waals surface area contributed by atoms with E-state index in [-0.39, 0.29) is 12.1 Å². The lowest BCUT2D eigenvalue weighted by Crippen LogP contribution is -2.46. The molecule has 0 bridgehead atoms. The van der Waals surface area contributed by atoms with E-state index in [1.54, 1.807) is 19.2 Å². The van der Waals surface area contributed by atoms with Crippen LogP contribution in [0.5, 0.6) is 5.75 Å². The number of anilines is 2. The van der Waals surface area contributed by atoms with Crippen LogP contribution in [0.2, 0.25) is 5.02 Å². The zero-order valence-electron chi connectivity index (χ0n) is 17.2. The monoisotopic (exact) mass is 437 g/mol. The molecule has 1 aliphatic rings. The van der Waals surface area contributed by atoms with Crippen molar-refractivity contribution in [1.29, 1.82) is 0 Å². The predicted octanol–water partition coefficient (Wildman–Crippen LogP) is 4.60. The van der Waals surface area contributed by atoms with Gasteiger partial charge >= 0.3 is 6.03 Å². The standard InChI is InChI=1S/C23H24ClN5O2/c1-31-19-5-2-16(3-6-19)20-15-25-11-8-21(20)29-12-9-18(10-13-29)27-23(30)28-22-7-4-17(24)14-26-22/h2-8,11,14-15,18H,9-10,12-13H2,1H3,(H2,26,27,28,30). The molecule has 0 saturated carbocycles. The molecule has 2 aromatic heterocycles. The van der Waals surface area contributed by atoms with E-state index in [4.69, 9.17) is 16.3 Å². The van der Waals surface area contributed by atoms with Crippen LogP contribution in [0.15, 0.2) is 61.1 Å². The number of amides is 2. The third-order valence-corrected chi connectivity index (χ3v) is 5.56. The van der Waals surface area contributed by atoms with Gasteiger partial charge in [0.1, 0.15) is 11.6 Å². The number of benzene rings is 1. The second-order valence-electron chi connectivity index (χ2n) is 7.34. The first-order valence-corrected chi connectivity index (χ1v) is 10.5. The van der Waals surface area contributed by atoms with Crippen molar-refractivity contribution in [3.05, 3.63) is 66.1 Å². The zero-order chi connectivity index (χ0) is 21.6. The first-order chi connectivity index (χ1) is 15.1. The highest BCUT2D eigenvalue weighted by Gasteiger charge is 2.23. The quantitative estimate of drug-likeness (QED) is 0.610. The molecule has 0 aliphatic carbocycles. The molecule has 8 heteroatoms. The fourth-order valence-corrected chi connectivity index (χ4v) is 3.82. The number of carbonyl (C=O) groups excluding carboxylic acids is 1. The Morgan fingerprint density at radius 1 is 1.10 bits per heavy atom. The second kappa shape index (κ2) is 9.66. The van der Waals surface area contributed by atoms with Crippen LogP contribution in [0.4, 0.5) is 16.3 Å². The summed E-state index contributed by atoms with van der Waals surface area (Å²) in [5.41, 5.74) is 3.33. The van der Waals surface area contributed by atoms with E-state index in [0.717, 1.165) is 48.5 Å². The number of nitrogens with zero attached hydrogens (tertiary/aromatic N) is 3. The van der Waals surface area contributed by atoms with Crippen molar-refractivity contribution in [3.63, 3.8) is 0 Å². The Labute approximate surface area is 186 Å². The van der Waals surface area contributed by atoms with E-state index >= 15 is 0 Å². The molecule has 3 heterocycles. The molecule has 3 aromatic rings.